The highest BCUT2D eigenvalue weighted by atomic mass is 32.1. The molecule has 6 nitrogen and oxygen atoms in total. The van der Waals surface area contributed by atoms with Crippen LogP contribution < -0.4 is 10.1 Å². The van der Waals surface area contributed by atoms with Gasteiger partial charge in [0.1, 0.15) is 11.6 Å². The first-order chi connectivity index (χ1) is 11.2. The highest BCUT2D eigenvalue weighted by Gasteiger charge is 2.03. The van der Waals surface area contributed by atoms with E-state index in [-0.39, 0.29) is 5.75 Å². The number of methoxy groups -OCH3 is 1. The van der Waals surface area contributed by atoms with Crippen molar-refractivity contribution < 1.29 is 9.84 Å². The molecule has 0 unspecified atom stereocenters. The van der Waals surface area contributed by atoms with Crippen molar-refractivity contribution in [2.24, 2.45) is 4.99 Å². The summed E-state index contributed by atoms with van der Waals surface area (Å²) >= 11 is 1.42. The van der Waals surface area contributed by atoms with E-state index in [0.717, 1.165) is 11.4 Å². The van der Waals surface area contributed by atoms with Crippen molar-refractivity contribution in [3.63, 3.8) is 0 Å². The molecule has 0 aliphatic heterocycles. The molecule has 2 N–H and O–H groups in total. The van der Waals surface area contributed by atoms with Crippen LogP contribution in [0.4, 0.5) is 16.8 Å². The van der Waals surface area contributed by atoms with Crippen molar-refractivity contribution in [2.75, 3.05) is 12.4 Å². The number of ether oxygens (including phenoxy) is 1. The summed E-state index contributed by atoms with van der Waals surface area (Å²) in [6, 6.07) is 10.6. The summed E-state index contributed by atoms with van der Waals surface area (Å²) < 4.78 is 5.07. The fourth-order valence-corrected chi connectivity index (χ4v) is 2.45. The summed E-state index contributed by atoms with van der Waals surface area (Å²) in [6.07, 6.45) is 3.39. The number of benzene rings is 1. The summed E-state index contributed by atoms with van der Waals surface area (Å²) in [5, 5.41) is 15.2. The van der Waals surface area contributed by atoms with Crippen LogP contribution in [0.5, 0.6) is 11.5 Å². The number of nitrogens with one attached hydrogen (secondary N) is 1. The van der Waals surface area contributed by atoms with Crippen LogP contribution in [0, 0.1) is 0 Å². The number of hydrogen-bond acceptors (Lipinski definition) is 7. The zero-order valence-corrected chi connectivity index (χ0v) is 13.1. The summed E-state index contributed by atoms with van der Waals surface area (Å²) in [7, 11) is 1.51. The van der Waals surface area contributed by atoms with Crippen LogP contribution in [0.1, 0.15) is 5.56 Å². The molecule has 0 atom stereocenters. The Bertz CT molecular complexity index is 818. The number of aromatic hydroxyl groups is 1. The Morgan fingerprint density at radius 3 is 2.96 bits per heavy atom. The van der Waals surface area contributed by atoms with Crippen LogP contribution in [0.2, 0.25) is 0 Å². The molecule has 0 fully saturated rings. The van der Waals surface area contributed by atoms with Gasteiger partial charge in [-0.3, -0.25) is 0 Å². The molecule has 0 saturated heterocycles. The predicted molar refractivity (Wildman–Crippen MR) is 91.5 cm³/mol. The number of phenols is 1. The average molecular weight is 326 g/mol. The van der Waals surface area contributed by atoms with Gasteiger partial charge in [-0.15, -0.1) is 11.3 Å². The van der Waals surface area contributed by atoms with Crippen LogP contribution in [0.3, 0.4) is 0 Å². The minimum atomic E-state index is 0.0979. The number of rotatable bonds is 5. The lowest BCUT2D eigenvalue weighted by Crippen LogP contribution is -1.91. The molecule has 3 rings (SSSR count). The Morgan fingerprint density at radius 1 is 1.26 bits per heavy atom. The van der Waals surface area contributed by atoms with Crippen LogP contribution in [-0.2, 0) is 0 Å². The van der Waals surface area contributed by atoms with Gasteiger partial charge in [0.25, 0.3) is 0 Å². The number of anilines is 2. The van der Waals surface area contributed by atoms with Crippen molar-refractivity contribution in [1.82, 2.24) is 9.97 Å². The minimum absolute atomic E-state index is 0.0979. The number of pyridine rings is 1. The number of phenolic OH excluding ortho intramolecular Hbond substituents is 1. The maximum Gasteiger partial charge on any atom is 0.211 e. The second kappa shape index (κ2) is 6.89. The number of thiazole rings is 1. The van der Waals surface area contributed by atoms with E-state index in [9.17, 15) is 5.11 Å². The van der Waals surface area contributed by atoms with Gasteiger partial charge in [-0.05, 0) is 35.9 Å². The van der Waals surface area contributed by atoms with Crippen molar-refractivity contribution in [3.8, 4) is 11.5 Å². The molecule has 116 valence electrons. The van der Waals surface area contributed by atoms with Gasteiger partial charge in [0.15, 0.2) is 11.5 Å². The second-order valence-corrected chi connectivity index (χ2v) is 5.38. The van der Waals surface area contributed by atoms with E-state index in [2.05, 4.69) is 20.3 Å². The smallest absolute Gasteiger partial charge is 0.211 e. The van der Waals surface area contributed by atoms with Crippen molar-refractivity contribution >= 4 is 34.3 Å². The van der Waals surface area contributed by atoms with Crippen LogP contribution in [-0.4, -0.2) is 28.4 Å². The average Bonchev–Trinajstić information content (AvgIpc) is 3.02. The Morgan fingerprint density at radius 2 is 2.17 bits per heavy atom. The molecule has 0 spiro atoms. The molecule has 0 amide bonds. The third kappa shape index (κ3) is 3.83. The van der Waals surface area contributed by atoms with E-state index in [1.807, 2.05) is 23.6 Å². The van der Waals surface area contributed by atoms with Gasteiger partial charge in [0.05, 0.1) is 7.11 Å². The first-order valence-corrected chi connectivity index (χ1v) is 7.67. The normalized spacial score (nSPS) is 10.8. The Hall–Kier alpha value is -2.93. The number of aromatic nitrogens is 2. The molecule has 23 heavy (non-hydrogen) atoms. The first kappa shape index (κ1) is 15.0. The number of nitrogens with zero attached hydrogens (tertiary/aromatic N) is 3. The Labute approximate surface area is 137 Å². The van der Waals surface area contributed by atoms with Crippen LogP contribution in [0.15, 0.2) is 53.0 Å². The molecule has 2 aromatic heterocycles. The monoisotopic (exact) mass is 326 g/mol. The van der Waals surface area contributed by atoms with Crippen molar-refractivity contribution in [2.45, 2.75) is 0 Å². The molecule has 3 aromatic rings. The summed E-state index contributed by atoms with van der Waals surface area (Å²) in [5.74, 6) is 1.94. The number of hydrogen-bond donors (Lipinski definition) is 2. The van der Waals surface area contributed by atoms with E-state index in [0.29, 0.717) is 16.7 Å². The fraction of sp³-hybridized carbons (Fsp3) is 0.0625. The van der Waals surface area contributed by atoms with Gasteiger partial charge in [-0.25, -0.2) is 15.0 Å². The summed E-state index contributed by atoms with van der Waals surface area (Å²) in [4.78, 5) is 12.9. The maximum atomic E-state index is 9.57. The lowest BCUT2D eigenvalue weighted by molar-refractivity contribution is 0.373. The molecule has 0 aliphatic carbocycles. The quantitative estimate of drug-likeness (QED) is 0.698. The second-order valence-electron chi connectivity index (χ2n) is 4.54. The Balaban J connectivity index is 1.71. The van der Waals surface area contributed by atoms with Crippen LogP contribution in [0.25, 0.3) is 0 Å². The zero-order valence-electron chi connectivity index (χ0n) is 12.3. The Kier molecular flexibility index (Phi) is 4.49. The maximum absolute atomic E-state index is 9.57. The minimum Gasteiger partial charge on any atom is -0.504 e. The molecule has 0 saturated carbocycles. The van der Waals surface area contributed by atoms with E-state index < -0.39 is 0 Å². The van der Waals surface area contributed by atoms with Gasteiger partial charge in [-0.1, -0.05) is 6.07 Å². The standard InChI is InChI=1S/C16H14N4O2S/c1-22-13-8-11(5-6-12(13)21)9-18-16-20-15(10-23-16)19-14-4-2-3-7-17-14/h2-10,21H,1H3,(H,17,19). The van der Waals surface area contributed by atoms with Gasteiger partial charge in [0.2, 0.25) is 5.13 Å². The van der Waals surface area contributed by atoms with Gasteiger partial charge in [0, 0.05) is 17.8 Å². The first-order valence-electron chi connectivity index (χ1n) is 6.79. The number of aliphatic imine (C=N–C) groups is 1. The molecular formula is C16H14N4O2S. The molecular weight excluding hydrogens is 312 g/mol. The van der Waals surface area contributed by atoms with Crippen molar-refractivity contribution in [3.05, 3.63) is 53.5 Å². The highest BCUT2D eigenvalue weighted by molar-refractivity contribution is 7.13. The summed E-state index contributed by atoms with van der Waals surface area (Å²) in [5.41, 5.74) is 0.814. The predicted octanol–water partition coefficient (Wildman–Crippen LogP) is 3.75. The SMILES string of the molecule is COc1cc(C=Nc2nc(Nc3ccccn3)cs2)ccc1O. The topological polar surface area (TPSA) is 79.6 Å². The van der Waals surface area contributed by atoms with Gasteiger partial charge in [-0.2, -0.15) is 0 Å². The summed E-state index contributed by atoms with van der Waals surface area (Å²) in [6.45, 7) is 0. The lowest BCUT2D eigenvalue weighted by Gasteiger charge is -2.02. The molecule has 7 heteroatoms. The molecule has 0 aliphatic rings. The lowest BCUT2D eigenvalue weighted by atomic mass is 10.2. The van der Waals surface area contributed by atoms with E-state index in [1.165, 1.54) is 18.4 Å². The molecule has 0 radical (unpaired) electrons. The van der Waals surface area contributed by atoms with Crippen molar-refractivity contribution in [1.29, 1.82) is 0 Å². The van der Waals surface area contributed by atoms with Crippen LogP contribution >= 0.6 is 11.3 Å². The molecule has 2 heterocycles. The molecule has 0 bridgehead atoms. The fourth-order valence-electron chi connectivity index (χ4n) is 1.85. The third-order valence-corrected chi connectivity index (χ3v) is 3.69. The van der Waals surface area contributed by atoms with E-state index in [1.54, 1.807) is 30.6 Å². The van der Waals surface area contributed by atoms with E-state index >= 15 is 0 Å². The third-order valence-electron chi connectivity index (χ3n) is 2.94. The van der Waals surface area contributed by atoms with Gasteiger partial charge >= 0.3 is 0 Å². The largest absolute Gasteiger partial charge is 0.504 e. The van der Waals surface area contributed by atoms with E-state index in [4.69, 9.17) is 4.74 Å². The zero-order chi connectivity index (χ0) is 16.1. The molecule has 1 aromatic carbocycles. The highest BCUT2D eigenvalue weighted by Crippen LogP contribution is 2.27. The van der Waals surface area contributed by atoms with Gasteiger partial charge < -0.3 is 15.2 Å².